The van der Waals surface area contributed by atoms with Crippen molar-refractivity contribution in [2.75, 3.05) is 26.2 Å². The second-order valence-electron chi connectivity index (χ2n) is 6.85. The molecule has 2 aliphatic rings. The zero-order valence-corrected chi connectivity index (χ0v) is 14.6. The van der Waals surface area contributed by atoms with E-state index in [1.54, 1.807) is 0 Å². The van der Waals surface area contributed by atoms with Gasteiger partial charge in [-0.15, -0.1) is 12.4 Å². The van der Waals surface area contributed by atoms with Crippen LogP contribution in [0, 0.1) is 25.7 Å². The Balaban J connectivity index is 0.00000176. The number of rotatable bonds is 4. The SMILES string of the molecule is Cc1cccc(C)c1OCCN1CC2CCCC(N)C2C1.Cl. The van der Waals surface area contributed by atoms with Crippen LogP contribution in [0.25, 0.3) is 0 Å². The van der Waals surface area contributed by atoms with Gasteiger partial charge < -0.3 is 10.5 Å². The molecule has 0 radical (unpaired) electrons. The minimum absolute atomic E-state index is 0. The lowest BCUT2D eigenvalue weighted by Gasteiger charge is -2.29. The molecule has 1 aliphatic carbocycles. The average Bonchev–Trinajstić information content (AvgIpc) is 2.86. The maximum absolute atomic E-state index is 6.28. The van der Waals surface area contributed by atoms with Crippen LogP contribution in [0.15, 0.2) is 18.2 Å². The van der Waals surface area contributed by atoms with Crippen molar-refractivity contribution in [2.45, 2.75) is 39.2 Å². The lowest BCUT2D eigenvalue weighted by molar-refractivity contribution is 0.228. The highest BCUT2D eigenvalue weighted by molar-refractivity contribution is 5.85. The van der Waals surface area contributed by atoms with Gasteiger partial charge >= 0.3 is 0 Å². The second kappa shape index (κ2) is 7.67. The monoisotopic (exact) mass is 324 g/mol. The first-order valence-corrected chi connectivity index (χ1v) is 8.32. The average molecular weight is 325 g/mol. The molecule has 3 nitrogen and oxygen atoms in total. The van der Waals surface area contributed by atoms with E-state index < -0.39 is 0 Å². The molecule has 0 spiro atoms. The lowest BCUT2D eigenvalue weighted by Crippen LogP contribution is -2.38. The number of benzene rings is 1. The van der Waals surface area contributed by atoms with Crippen molar-refractivity contribution in [3.8, 4) is 5.75 Å². The van der Waals surface area contributed by atoms with E-state index >= 15 is 0 Å². The summed E-state index contributed by atoms with van der Waals surface area (Å²) in [5.74, 6) is 2.61. The minimum atomic E-state index is 0. The van der Waals surface area contributed by atoms with Gasteiger partial charge in [-0.25, -0.2) is 0 Å². The Morgan fingerprint density at radius 2 is 1.91 bits per heavy atom. The van der Waals surface area contributed by atoms with Gasteiger partial charge in [-0.2, -0.15) is 0 Å². The third kappa shape index (κ3) is 3.76. The molecule has 1 aliphatic heterocycles. The maximum atomic E-state index is 6.28. The van der Waals surface area contributed by atoms with Crippen LogP contribution in [0.4, 0.5) is 0 Å². The van der Waals surface area contributed by atoms with Crippen LogP contribution < -0.4 is 10.5 Å². The van der Waals surface area contributed by atoms with Crippen LogP contribution in [0.1, 0.15) is 30.4 Å². The molecular formula is C18H29ClN2O. The van der Waals surface area contributed by atoms with E-state index in [4.69, 9.17) is 10.5 Å². The maximum Gasteiger partial charge on any atom is 0.125 e. The summed E-state index contributed by atoms with van der Waals surface area (Å²) in [6.45, 7) is 8.42. The Morgan fingerprint density at radius 3 is 2.59 bits per heavy atom. The van der Waals surface area contributed by atoms with Crippen molar-refractivity contribution in [1.29, 1.82) is 0 Å². The highest BCUT2D eigenvalue weighted by atomic mass is 35.5. The Bertz CT molecular complexity index is 474. The van der Waals surface area contributed by atoms with Crippen molar-refractivity contribution in [3.63, 3.8) is 0 Å². The zero-order valence-electron chi connectivity index (χ0n) is 13.8. The van der Waals surface area contributed by atoms with Crippen LogP contribution in [0.2, 0.25) is 0 Å². The van der Waals surface area contributed by atoms with Gasteiger partial charge in [0, 0.05) is 25.7 Å². The Kier molecular flexibility index (Phi) is 6.13. The predicted molar refractivity (Wildman–Crippen MR) is 93.9 cm³/mol. The third-order valence-electron chi connectivity index (χ3n) is 5.29. The largest absolute Gasteiger partial charge is 0.492 e. The minimum Gasteiger partial charge on any atom is -0.492 e. The van der Waals surface area contributed by atoms with E-state index in [0.29, 0.717) is 6.04 Å². The quantitative estimate of drug-likeness (QED) is 0.924. The predicted octanol–water partition coefficient (Wildman–Crippen LogP) is 3.16. The normalized spacial score (nSPS) is 28.0. The van der Waals surface area contributed by atoms with E-state index in [1.807, 2.05) is 0 Å². The van der Waals surface area contributed by atoms with Crippen molar-refractivity contribution in [2.24, 2.45) is 17.6 Å². The highest BCUT2D eigenvalue weighted by Gasteiger charge is 2.38. The molecule has 22 heavy (non-hydrogen) atoms. The van der Waals surface area contributed by atoms with E-state index in [9.17, 15) is 0 Å². The molecule has 0 aromatic heterocycles. The van der Waals surface area contributed by atoms with Crippen molar-refractivity contribution >= 4 is 12.4 Å². The topological polar surface area (TPSA) is 38.5 Å². The molecular weight excluding hydrogens is 296 g/mol. The van der Waals surface area contributed by atoms with Crippen LogP contribution in [0.5, 0.6) is 5.75 Å². The van der Waals surface area contributed by atoms with Crippen LogP contribution in [-0.4, -0.2) is 37.2 Å². The van der Waals surface area contributed by atoms with Gasteiger partial charge in [0.2, 0.25) is 0 Å². The molecule has 1 aromatic carbocycles. The number of hydrogen-bond acceptors (Lipinski definition) is 3. The third-order valence-corrected chi connectivity index (χ3v) is 5.29. The molecule has 1 saturated carbocycles. The van der Waals surface area contributed by atoms with E-state index in [2.05, 4.69) is 36.9 Å². The van der Waals surface area contributed by atoms with Gasteiger partial charge in [0.1, 0.15) is 12.4 Å². The molecule has 2 N–H and O–H groups in total. The molecule has 1 saturated heterocycles. The number of para-hydroxylation sites is 1. The standard InChI is InChI=1S/C18H28N2O.ClH/c1-13-5-3-6-14(2)18(13)21-10-9-20-11-15-7-4-8-17(19)16(15)12-20;/h3,5-6,15-17H,4,7-12,19H2,1-2H3;1H. The summed E-state index contributed by atoms with van der Waals surface area (Å²) in [4.78, 5) is 2.55. The first kappa shape index (κ1) is 17.6. The first-order valence-electron chi connectivity index (χ1n) is 8.32. The number of halogens is 1. The summed E-state index contributed by atoms with van der Waals surface area (Å²) in [6, 6.07) is 6.75. The number of likely N-dealkylation sites (tertiary alicyclic amines) is 1. The number of aryl methyl sites for hydroxylation is 2. The Hall–Kier alpha value is -0.770. The molecule has 124 valence electrons. The van der Waals surface area contributed by atoms with E-state index in [-0.39, 0.29) is 12.4 Å². The fraction of sp³-hybridized carbons (Fsp3) is 0.667. The lowest BCUT2D eigenvalue weighted by atomic mass is 9.78. The molecule has 2 fully saturated rings. The van der Waals surface area contributed by atoms with Crippen molar-refractivity contribution in [1.82, 2.24) is 4.90 Å². The van der Waals surface area contributed by atoms with Crippen LogP contribution >= 0.6 is 12.4 Å². The van der Waals surface area contributed by atoms with Gasteiger partial charge in [0.25, 0.3) is 0 Å². The van der Waals surface area contributed by atoms with Crippen molar-refractivity contribution in [3.05, 3.63) is 29.3 Å². The zero-order chi connectivity index (χ0) is 14.8. The number of nitrogens with zero attached hydrogens (tertiary/aromatic N) is 1. The molecule has 3 unspecified atom stereocenters. The first-order chi connectivity index (χ1) is 10.1. The van der Waals surface area contributed by atoms with E-state index in [1.165, 1.54) is 43.5 Å². The van der Waals surface area contributed by atoms with Gasteiger partial charge in [-0.05, 0) is 49.7 Å². The number of ether oxygens (including phenoxy) is 1. The molecule has 3 rings (SSSR count). The number of hydrogen-bond donors (Lipinski definition) is 1. The van der Waals surface area contributed by atoms with Crippen LogP contribution in [0.3, 0.4) is 0 Å². The number of nitrogens with two attached hydrogens (primary N) is 1. The highest BCUT2D eigenvalue weighted by Crippen LogP contribution is 2.35. The fourth-order valence-electron chi connectivity index (χ4n) is 4.10. The Labute approximate surface area is 140 Å². The van der Waals surface area contributed by atoms with Gasteiger partial charge in [-0.1, -0.05) is 24.6 Å². The van der Waals surface area contributed by atoms with Crippen LogP contribution in [-0.2, 0) is 0 Å². The molecule has 0 bridgehead atoms. The summed E-state index contributed by atoms with van der Waals surface area (Å²) >= 11 is 0. The Morgan fingerprint density at radius 1 is 1.18 bits per heavy atom. The molecule has 1 aromatic rings. The number of fused-ring (bicyclic) bond motifs is 1. The second-order valence-corrected chi connectivity index (χ2v) is 6.85. The fourth-order valence-corrected chi connectivity index (χ4v) is 4.10. The molecule has 0 amide bonds. The smallest absolute Gasteiger partial charge is 0.125 e. The molecule has 4 heteroatoms. The van der Waals surface area contributed by atoms with Crippen molar-refractivity contribution < 1.29 is 4.74 Å². The van der Waals surface area contributed by atoms with Gasteiger partial charge in [0.15, 0.2) is 0 Å². The molecule has 3 atom stereocenters. The summed E-state index contributed by atoms with van der Waals surface area (Å²) in [6.07, 6.45) is 3.90. The summed E-state index contributed by atoms with van der Waals surface area (Å²) in [5.41, 5.74) is 8.74. The molecule has 1 heterocycles. The summed E-state index contributed by atoms with van der Waals surface area (Å²) < 4.78 is 6.04. The van der Waals surface area contributed by atoms with Gasteiger partial charge in [-0.3, -0.25) is 4.90 Å². The van der Waals surface area contributed by atoms with Gasteiger partial charge in [0.05, 0.1) is 0 Å². The summed E-state index contributed by atoms with van der Waals surface area (Å²) in [7, 11) is 0. The van der Waals surface area contributed by atoms with E-state index in [0.717, 1.165) is 30.7 Å². The summed E-state index contributed by atoms with van der Waals surface area (Å²) in [5, 5.41) is 0.